The van der Waals surface area contributed by atoms with Crippen molar-refractivity contribution in [3.63, 3.8) is 0 Å². The van der Waals surface area contributed by atoms with Gasteiger partial charge in [-0.1, -0.05) is 90.8 Å². The maximum Gasteiger partial charge on any atom is 0.337 e. The normalized spacial score (nSPS) is 10.4. The molecule has 0 fully saturated rings. The molecule has 3 aromatic rings. The van der Waals surface area contributed by atoms with Gasteiger partial charge in [-0.15, -0.1) is 24.2 Å². The second-order valence-electron chi connectivity index (χ2n) is 8.22. The molecule has 222 valence electrons. The lowest BCUT2D eigenvalue weighted by Crippen LogP contribution is -2.11. The summed E-state index contributed by atoms with van der Waals surface area (Å²) >= 11 is 1.52. The molecule has 0 bridgehead atoms. The third-order valence-corrected chi connectivity index (χ3v) is 6.68. The van der Waals surface area contributed by atoms with Crippen molar-refractivity contribution >= 4 is 17.3 Å². The smallest absolute Gasteiger partial charge is 0.337 e. The summed E-state index contributed by atoms with van der Waals surface area (Å²) in [6.45, 7) is 15.6. The predicted molar refractivity (Wildman–Crippen MR) is 174 cm³/mol. The molecule has 0 unspecified atom stereocenters. The summed E-state index contributed by atoms with van der Waals surface area (Å²) in [4.78, 5) is 19.6. The molecule has 0 saturated heterocycles. The second kappa shape index (κ2) is 22.9. The average Bonchev–Trinajstić information content (AvgIpc) is 3.52. The van der Waals surface area contributed by atoms with E-state index in [1.54, 1.807) is 6.07 Å². The second-order valence-corrected chi connectivity index (χ2v) is 9.16. The Morgan fingerprint density at radius 3 is 2.27 bits per heavy atom. The predicted octanol–water partition coefficient (Wildman–Crippen LogP) is 9.16. The molecule has 7 heteroatoms. The van der Waals surface area contributed by atoms with Gasteiger partial charge in [0.15, 0.2) is 0 Å². The number of allylic oxidation sites excluding steroid dienone is 3. The molecule has 0 atom stereocenters. The lowest BCUT2D eigenvalue weighted by atomic mass is 9.99. The molecule has 0 aliphatic carbocycles. The zero-order valence-electron chi connectivity index (χ0n) is 25.7. The van der Waals surface area contributed by atoms with Gasteiger partial charge in [-0.2, -0.15) is 0 Å². The largest absolute Gasteiger partial charge is 0.478 e. The fraction of sp³-hybridized carbons (Fsp3) is 0.382. The van der Waals surface area contributed by atoms with E-state index in [-0.39, 0.29) is 12.2 Å². The van der Waals surface area contributed by atoms with E-state index in [9.17, 15) is 4.79 Å². The highest BCUT2D eigenvalue weighted by Crippen LogP contribution is 2.23. The number of aromatic nitrogens is 2. The topological polar surface area (TPSA) is 84.3 Å². The Kier molecular flexibility index (Phi) is 20.7. The number of rotatable bonds is 13. The van der Waals surface area contributed by atoms with E-state index in [1.165, 1.54) is 42.0 Å². The lowest BCUT2D eigenvalue weighted by molar-refractivity contribution is 0.0696. The first kappa shape index (κ1) is 37.1. The fourth-order valence-electron chi connectivity index (χ4n) is 3.50. The number of hydrogen-bond donors (Lipinski definition) is 2. The van der Waals surface area contributed by atoms with Crippen molar-refractivity contribution in [2.75, 3.05) is 0 Å². The number of thiazole rings is 1. The monoisotopic (exact) mass is 577 g/mol. The Balaban J connectivity index is 0.00000250. The molecule has 0 spiro atoms. The van der Waals surface area contributed by atoms with Gasteiger partial charge in [0.25, 0.3) is 0 Å². The van der Waals surface area contributed by atoms with E-state index >= 15 is 0 Å². The van der Waals surface area contributed by atoms with Crippen LogP contribution in [-0.2, 0) is 13.2 Å². The van der Waals surface area contributed by atoms with Crippen LogP contribution in [0.3, 0.4) is 0 Å². The van der Waals surface area contributed by atoms with Gasteiger partial charge in [-0.05, 0) is 37.0 Å². The molecule has 3 rings (SSSR count). The molecule has 0 aliphatic heterocycles. The summed E-state index contributed by atoms with van der Waals surface area (Å²) in [5.74, 6) is 0.119. The van der Waals surface area contributed by atoms with Crippen molar-refractivity contribution in [2.24, 2.45) is 5.92 Å². The fourth-order valence-corrected chi connectivity index (χ4v) is 4.22. The maximum atomic E-state index is 10.9. The number of nitrogens with one attached hydrogen (secondary N) is 1. The highest BCUT2D eigenvalue weighted by atomic mass is 32.1. The van der Waals surface area contributed by atoms with Gasteiger partial charge in [0.2, 0.25) is 5.88 Å². The number of pyridine rings is 1. The van der Waals surface area contributed by atoms with Crippen molar-refractivity contribution in [3.8, 4) is 30.0 Å². The number of ether oxygens (including phenoxy) is 1. The number of carbonyl (C=O) groups is 1. The molecular formula is C34H47N3O3S. The third-order valence-electron chi connectivity index (χ3n) is 5.86. The van der Waals surface area contributed by atoms with Crippen LogP contribution in [0, 0.1) is 18.8 Å². The van der Waals surface area contributed by atoms with Crippen LogP contribution in [0.1, 0.15) is 88.7 Å². The number of terminal acetylenes is 1. The Labute approximate surface area is 251 Å². The number of carboxylic acid groups (broad SMARTS) is 1. The van der Waals surface area contributed by atoms with Crippen molar-refractivity contribution in [1.82, 2.24) is 15.3 Å². The minimum Gasteiger partial charge on any atom is -0.478 e. The molecular weight excluding hydrogens is 530 g/mol. The van der Waals surface area contributed by atoms with Crippen LogP contribution < -0.4 is 10.1 Å². The van der Waals surface area contributed by atoms with Gasteiger partial charge in [0, 0.05) is 35.4 Å². The van der Waals surface area contributed by atoms with E-state index in [2.05, 4.69) is 91.4 Å². The van der Waals surface area contributed by atoms with Crippen LogP contribution >= 0.6 is 11.3 Å². The number of hydrogen-bond acceptors (Lipinski definition) is 6. The van der Waals surface area contributed by atoms with Gasteiger partial charge in [0.1, 0.15) is 11.6 Å². The van der Waals surface area contributed by atoms with Crippen molar-refractivity contribution < 1.29 is 14.6 Å². The third kappa shape index (κ3) is 13.8. The van der Waals surface area contributed by atoms with Gasteiger partial charge in [0.05, 0.1) is 11.3 Å². The molecule has 2 aromatic heterocycles. The summed E-state index contributed by atoms with van der Waals surface area (Å²) < 4.78 is 5.64. The molecule has 6 nitrogen and oxygen atoms in total. The van der Waals surface area contributed by atoms with Gasteiger partial charge in [-0.25, -0.2) is 14.8 Å². The van der Waals surface area contributed by atoms with Gasteiger partial charge in [-0.3, -0.25) is 0 Å². The standard InChI is InChI=1S/C28H33N3O3S.2C2H6.C2H2/c1-4-20(5-2)8-7-9-24(6-3)29-16-21-10-12-22(13-11-21)25-19-35-27(31-25)18-34-26-15-14-23(17-30-26)28(32)33;3*1-2/h6-7,9-15,17,19-20,29H,4-5,8,16,18H2,1-3H3,(H,32,33);2*1-2H3;1-2H/b9-7-,24-6+;;;. The minimum atomic E-state index is -1.01. The zero-order valence-corrected chi connectivity index (χ0v) is 26.5. The van der Waals surface area contributed by atoms with Gasteiger partial charge >= 0.3 is 5.97 Å². The van der Waals surface area contributed by atoms with E-state index < -0.39 is 5.97 Å². The highest BCUT2D eigenvalue weighted by Gasteiger charge is 2.08. The van der Waals surface area contributed by atoms with Crippen LogP contribution in [0.25, 0.3) is 11.3 Å². The molecule has 0 amide bonds. The molecule has 0 saturated carbocycles. The summed E-state index contributed by atoms with van der Waals surface area (Å²) in [6.07, 6.45) is 19.4. The SMILES string of the molecule is C#C.C/C=C(\C=C/CC(CC)CC)NCc1ccc(-c2csc(COc3ccc(C(=O)O)cn3)n2)cc1.CC.CC. The van der Waals surface area contributed by atoms with Crippen molar-refractivity contribution in [1.29, 1.82) is 0 Å². The molecule has 0 aliphatic rings. The lowest BCUT2D eigenvalue weighted by Gasteiger charge is -2.10. The molecule has 41 heavy (non-hydrogen) atoms. The van der Waals surface area contributed by atoms with Crippen LogP contribution in [0.4, 0.5) is 0 Å². The van der Waals surface area contributed by atoms with Crippen LogP contribution in [0.5, 0.6) is 5.88 Å². The summed E-state index contributed by atoms with van der Waals surface area (Å²) in [5, 5.41) is 15.3. The minimum absolute atomic E-state index is 0.128. The van der Waals surface area contributed by atoms with E-state index in [0.29, 0.717) is 5.88 Å². The van der Waals surface area contributed by atoms with Gasteiger partial charge < -0.3 is 15.2 Å². The molecule has 1 aromatic carbocycles. The summed E-state index contributed by atoms with van der Waals surface area (Å²) in [5.41, 5.74) is 4.42. The summed E-state index contributed by atoms with van der Waals surface area (Å²) in [7, 11) is 0. The number of benzene rings is 1. The van der Waals surface area contributed by atoms with Crippen LogP contribution in [0.15, 0.2) is 71.9 Å². The number of carboxylic acids is 1. The first-order valence-electron chi connectivity index (χ1n) is 14.3. The Bertz CT molecular complexity index is 1180. The first-order chi connectivity index (χ1) is 20.0. The molecule has 2 N–H and O–H groups in total. The van der Waals surface area contributed by atoms with Crippen molar-refractivity contribution in [2.45, 2.75) is 80.9 Å². The average molecular weight is 578 g/mol. The maximum absolute atomic E-state index is 10.9. The zero-order chi connectivity index (χ0) is 31.0. The quantitative estimate of drug-likeness (QED) is 0.156. The van der Waals surface area contributed by atoms with Crippen molar-refractivity contribution in [3.05, 3.63) is 88.0 Å². The van der Waals surface area contributed by atoms with Crippen LogP contribution in [-0.4, -0.2) is 21.0 Å². The Morgan fingerprint density at radius 2 is 1.73 bits per heavy atom. The van der Waals surface area contributed by atoms with E-state index in [1.807, 2.05) is 33.1 Å². The number of nitrogens with zero attached hydrogens (tertiary/aromatic N) is 2. The molecule has 2 heterocycles. The first-order valence-corrected chi connectivity index (χ1v) is 15.2. The van der Waals surface area contributed by atoms with Crippen LogP contribution in [0.2, 0.25) is 0 Å². The van der Waals surface area contributed by atoms with E-state index in [4.69, 9.17) is 9.84 Å². The van der Waals surface area contributed by atoms with E-state index in [0.717, 1.165) is 40.8 Å². The molecule has 0 radical (unpaired) electrons. The summed E-state index contributed by atoms with van der Waals surface area (Å²) in [6, 6.07) is 11.4. The Hall–Kier alpha value is -3.89. The Morgan fingerprint density at radius 1 is 1.07 bits per heavy atom. The highest BCUT2D eigenvalue weighted by molar-refractivity contribution is 7.09. The number of aromatic carboxylic acids is 1.